The van der Waals surface area contributed by atoms with Crippen LogP contribution < -0.4 is 0 Å². The number of aliphatic hydroxyl groups excluding tert-OH is 1. The van der Waals surface area contributed by atoms with Gasteiger partial charge in [-0.1, -0.05) is 28.1 Å². The second kappa shape index (κ2) is 4.43. The van der Waals surface area contributed by atoms with Crippen molar-refractivity contribution in [2.24, 2.45) is 0 Å². The zero-order valence-electron chi connectivity index (χ0n) is 8.20. The Bertz CT molecular complexity index is 481. The summed E-state index contributed by atoms with van der Waals surface area (Å²) >= 11 is 4.98. The predicted octanol–water partition coefficient (Wildman–Crippen LogP) is 3.37. The fraction of sp³-hybridized carbons (Fsp3) is 0.182. The Balaban J connectivity index is 2.48. The molecule has 0 bridgehead atoms. The Morgan fingerprint density at radius 3 is 2.87 bits per heavy atom. The molecule has 1 aromatic carbocycles. The van der Waals surface area contributed by atoms with Crippen LogP contribution in [0.5, 0.6) is 0 Å². The molecule has 0 radical (unpaired) electrons. The van der Waals surface area contributed by atoms with Crippen LogP contribution in [0.2, 0.25) is 0 Å². The Kier molecular flexibility index (Phi) is 3.19. The van der Waals surface area contributed by atoms with Crippen LogP contribution in [0.25, 0.3) is 10.4 Å². The number of aliphatic hydroxyl groups is 1. The lowest BCUT2D eigenvalue weighted by atomic mass is 10.2. The van der Waals surface area contributed by atoms with Gasteiger partial charge in [0, 0.05) is 4.47 Å². The van der Waals surface area contributed by atoms with Gasteiger partial charge in [-0.05, 0) is 24.6 Å². The molecule has 0 aliphatic heterocycles. The highest BCUT2D eigenvalue weighted by molar-refractivity contribution is 9.10. The van der Waals surface area contributed by atoms with Gasteiger partial charge in [0.05, 0.1) is 17.2 Å². The standard InChI is InChI=1S/C11H10BrNOS/c1-7-11(15-10(6-14)13-7)8-3-2-4-9(12)5-8/h2-5,14H,6H2,1H3. The van der Waals surface area contributed by atoms with Crippen molar-refractivity contribution < 1.29 is 5.11 Å². The van der Waals surface area contributed by atoms with E-state index in [9.17, 15) is 0 Å². The van der Waals surface area contributed by atoms with Crippen LogP contribution in [0.15, 0.2) is 28.7 Å². The maximum absolute atomic E-state index is 9.02. The molecule has 0 saturated heterocycles. The summed E-state index contributed by atoms with van der Waals surface area (Å²) in [5.41, 5.74) is 2.11. The summed E-state index contributed by atoms with van der Waals surface area (Å²) in [6.45, 7) is 1.98. The van der Waals surface area contributed by atoms with E-state index in [0.29, 0.717) is 0 Å². The number of halogens is 1. The molecule has 0 amide bonds. The molecule has 0 saturated carbocycles. The number of aryl methyl sites for hydroxylation is 1. The molecule has 1 heterocycles. The summed E-state index contributed by atoms with van der Waals surface area (Å²) in [7, 11) is 0. The van der Waals surface area contributed by atoms with Crippen molar-refractivity contribution >= 4 is 27.3 Å². The van der Waals surface area contributed by atoms with Crippen LogP contribution in [0.4, 0.5) is 0 Å². The molecule has 0 aliphatic rings. The fourth-order valence-corrected chi connectivity index (χ4v) is 2.74. The maximum Gasteiger partial charge on any atom is 0.119 e. The molecule has 0 unspecified atom stereocenters. The van der Waals surface area contributed by atoms with E-state index in [4.69, 9.17) is 5.11 Å². The average molecular weight is 284 g/mol. The molecule has 1 aromatic heterocycles. The van der Waals surface area contributed by atoms with E-state index in [-0.39, 0.29) is 6.61 Å². The van der Waals surface area contributed by atoms with Crippen LogP contribution in [0.1, 0.15) is 10.7 Å². The summed E-state index contributed by atoms with van der Waals surface area (Å²) in [5.74, 6) is 0. The zero-order valence-corrected chi connectivity index (χ0v) is 10.6. The van der Waals surface area contributed by atoms with Gasteiger partial charge >= 0.3 is 0 Å². The normalized spacial score (nSPS) is 10.6. The monoisotopic (exact) mass is 283 g/mol. The lowest BCUT2D eigenvalue weighted by Gasteiger charge is -1.98. The van der Waals surface area contributed by atoms with Gasteiger partial charge in [-0.3, -0.25) is 0 Å². The first-order valence-electron chi connectivity index (χ1n) is 4.54. The van der Waals surface area contributed by atoms with Crippen LogP contribution in [0, 0.1) is 6.92 Å². The minimum Gasteiger partial charge on any atom is -0.389 e. The third-order valence-electron chi connectivity index (χ3n) is 2.06. The second-order valence-electron chi connectivity index (χ2n) is 3.19. The smallest absolute Gasteiger partial charge is 0.119 e. The molecular formula is C11H10BrNOS. The molecule has 78 valence electrons. The SMILES string of the molecule is Cc1nc(CO)sc1-c1cccc(Br)c1. The van der Waals surface area contributed by atoms with Crippen molar-refractivity contribution in [3.63, 3.8) is 0 Å². The van der Waals surface area contributed by atoms with Crippen LogP contribution in [-0.4, -0.2) is 10.1 Å². The molecule has 0 fully saturated rings. The number of nitrogens with zero attached hydrogens (tertiary/aromatic N) is 1. The number of hydrogen-bond donors (Lipinski definition) is 1. The highest BCUT2D eigenvalue weighted by atomic mass is 79.9. The summed E-state index contributed by atoms with van der Waals surface area (Å²) in [6, 6.07) is 8.10. The average Bonchev–Trinajstić information content (AvgIpc) is 2.60. The summed E-state index contributed by atoms with van der Waals surface area (Å²) in [5, 5.41) is 9.78. The van der Waals surface area contributed by atoms with E-state index in [1.807, 2.05) is 25.1 Å². The number of benzene rings is 1. The van der Waals surface area contributed by atoms with Gasteiger partial charge in [0.25, 0.3) is 0 Å². The van der Waals surface area contributed by atoms with E-state index < -0.39 is 0 Å². The van der Waals surface area contributed by atoms with Gasteiger partial charge in [-0.2, -0.15) is 0 Å². The Hall–Kier alpha value is -0.710. The second-order valence-corrected chi connectivity index (χ2v) is 5.19. The largest absolute Gasteiger partial charge is 0.389 e. The van der Waals surface area contributed by atoms with Gasteiger partial charge in [-0.25, -0.2) is 4.98 Å². The first kappa shape index (κ1) is 10.8. The van der Waals surface area contributed by atoms with E-state index in [2.05, 4.69) is 27.0 Å². The number of aromatic nitrogens is 1. The molecule has 0 spiro atoms. The molecule has 2 rings (SSSR count). The number of hydrogen-bond acceptors (Lipinski definition) is 3. The number of rotatable bonds is 2. The van der Waals surface area contributed by atoms with Crippen molar-refractivity contribution in [3.05, 3.63) is 39.4 Å². The maximum atomic E-state index is 9.02. The van der Waals surface area contributed by atoms with Crippen molar-refractivity contribution in [2.45, 2.75) is 13.5 Å². The minimum atomic E-state index is 0.0134. The summed E-state index contributed by atoms with van der Waals surface area (Å²) in [6.07, 6.45) is 0. The van der Waals surface area contributed by atoms with Crippen LogP contribution in [-0.2, 0) is 6.61 Å². The predicted molar refractivity (Wildman–Crippen MR) is 65.9 cm³/mol. The number of thiazole rings is 1. The molecule has 15 heavy (non-hydrogen) atoms. The molecule has 0 atom stereocenters. The van der Waals surface area contributed by atoms with Gasteiger partial charge < -0.3 is 5.11 Å². The van der Waals surface area contributed by atoms with Gasteiger partial charge in [0.15, 0.2) is 0 Å². The van der Waals surface area contributed by atoms with E-state index in [1.165, 1.54) is 11.3 Å². The van der Waals surface area contributed by atoms with Gasteiger partial charge in [0.2, 0.25) is 0 Å². The van der Waals surface area contributed by atoms with Crippen molar-refractivity contribution in [1.82, 2.24) is 4.98 Å². The molecule has 2 aromatic rings. The van der Waals surface area contributed by atoms with Crippen molar-refractivity contribution in [3.8, 4) is 10.4 Å². The van der Waals surface area contributed by atoms with Gasteiger partial charge in [0.1, 0.15) is 5.01 Å². The molecular weight excluding hydrogens is 274 g/mol. The first-order valence-corrected chi connectivity index (χ1v) is 6.15. The van der Waals surface area contributed by atoms with E-state index >= 15 is 0 Å². The fourth-order valence-electron chi connectivity index (χ4n) is 1.42. The molecule has 2 nitrogen and oxygen atoms in total. The lowest BCUT2D eigenvalue weighted by molar-refractivity contribution is 0.281. The summed E-state index contributed by atoms with van der Waals surface area (Å²) < 4.78 is 1.05. The van der Waals surface area contributed by atoms with Crippen molar-refractivity contribution in [2.75, 3.05) is 0 Å². The Morgan fingerprint density at radius 2 is 2.27 bits per heavy atom. The highest BCUT2D eigenvalue weighted by Gasteiger charge is 2.08. The third kappa shape index (κ3) is 2.27. The van der Waals surface area contributed by atoms with E-state index in [0.717, 1.165) is 25.6 Å². The summed E-state index contributed by atoms with van der Waals surface area (Å²) in [4.78, 5) is 5.41. The van der Waals surface area contributed by atoms with E-state index in [1.54, 1.807) is 0 Å². The molecule has 1 N–H and O–H groups in total. The lowest BCUT2D eigenvalue weighted by Crippen LogP contribution is -1.80. The minimum absolute atomic E-state index is 0.0134. The quantitative estimate of drug-likeness (QED) is 0.917. The molecule has 4 heteroatoms. The van der Waals surface area contributed by atoms with Crippen LogP contribution in [0.3, 0.4) is 0 Å². The molecule has 0 aliphatic carbocycles. The van der Waals surface area contributed by atoms with Gasteiger partial charge in [-0.15, -0.1) is 11.3 Å². The Labute approximate surface area is 101 Å². The Morgan fingerprint density at radius 1 is 1.47 bits per heavy atom. The first-order chi connectivity index (χ1) is 7.20. The topological polar surface area (TPSA) is 33.1 Å². The zero-order chi connectivity index (χ0) is 10.8. The van der Waals surface area contributed by atoms with Crippen LogP contribution >= 0.6 is 27.3 Å². The third-order valence-corrected chi connectivity index (χ3v) is 3.75. The highest BCUT2D eigenvalue weighted by Crippen LogP contribution is 2.31. The van der Waals surface area contributed by atoms with Crippen molar-refractivity contribution in [1.29, 1.82) is 0 Å².